The van der Waals surface area contributed by atoms with Crippen molar-refractivity contribution in [2.45, 2.75) is 38.1 Å². The van der Waals surface area contributed by atoms with Crippen LogP contribution in [0.5, 0.6) is 0 Å². The molecule has 1 fully saturated rings. The number of carbonyl (C=O) groups excluding carboxylic acids is 1. The fourth-order valence-corrected chi connectivity index (χ4v) is 3.58. The largest absolute Gasteiger partial charge is 0.352 e. The van der Waals surface area contributed by atoms with Crippen molar-refractivity contribution in [1.29, 1.82) is 0 Å². The van der Waals surface area contributed by atoms with Gasteiger partial charge < -0.3 is 11.1 Å². The van der Waals surface area contributed by atoms with Gasteiger partial charge >= 0.3 is 0 Å². The van der Waals surface area contributed by atoms with Crippen LogP contribution in [0.2, 0.25) is 0 Å². The minimum absolute atomic E-state index is 0. The van der Waals surface area contributed by atoms with E-state index in [-0.39, 0.29) is 24.4 Å². The highest BCUT2D eigenvalue weighted by atomic mass is 79.9. The molecule has 3 N–H and O–H groups in total. The molecule has 1 atom stereocenters. The number of nitrogens with two attached hydrogens (primary N) is 1. The van der Waals surface area contributed by atoms with Crippen molar-refractivity contribution in [3.05, 3.63) is 20.8 Å². The molecule has 1 aliphatic carbocycles. The molecule has 1 aromatic rings. The van der Waals surface area contributed by atoms with Gasteiger partial charge in [-0.3, -0.25) is 4.79 Å². The highest BCUT2D eigenvalue weighted by molar-refractivity contribution is 9.11. The van der Waals surface area contributed by atoms with Crippen LogP contribution in [-0.4, -0.2) is 18.5 Å². The predicted octanol–water partition coefficient (Wildman–Crippen LogP) is 3.11. The second-order valence-corrected chi connectivity index (χ2v) is 7.35. The summed E-state index contributed by atoms with van der Waals surface area (Å²) in [5.74, 6) is 0.778. The molecule has 1 heterocycles. The smallest absolute Gasteiger partial charge is 0.220 e. The molecule has 0 aromatic carbocycles. The molecule has 0 saturated heterocycles. The van der Waals surface area contributed by atoms with E-state index >= 15 is 0 Å². The zero-order chi connectivity index (χ0) is 13.0. The van der Waals surface area contributed by atoms with Gasteiger partial charge in [-0.15, -0.1) is 23.7 Å². The monoisotopic (exact) mass is 366 g/mol. The Bertz CT molecular complexity index is 409. The topological polar surface area (TPSA) is 55.1 Å². The van der Waals surface area contributed by atoms with E-state index in [9.17, 15) is 4.79 Å². The van der Waals surface area contributed by atoms with Crippen molar-refractivity contribution >= 4 is 45.6 Å². The van der Waals surface area contributed by atoms with Crippen molar-refractivity contribution in [2.75, 3.05) is 6.54 Å². The van der Waals surface area contributed by atoms with Crippen molar-refractivity contribution < 1.29 is 4.79 Å². The molecular weight excluding hydrogens is 348 g/mol. The van der Waals surface area contributed by atoms with E-state index in [0.29, 0.717) is 18.9 Å². The number of amides is 1. The lowest BCUT2D eigenvalue weighted by atomic mass is 10.1. The Kier molecular flexibility index (Phi) is 7.36. The highest BCUT2D eigenvalue weighted by Gasteiger charge is 2.30. The van der Waals surface area contributed by atoms with Gasteiger partial charge in [0, 0.05) is 23.9 Å². The van der Waals surface area contributed by atoms with E-state index in [0.717, 1.165) is 16.6 Å². The Morgan fingerprint density at radius 1 is 1.53 bits per heavy atom. The van der Waals surface area contributed by atoms with Gasteiger partial charge in [-0.25, -0.2) is 0 Å². The molecule has 1 saturated carbocycles. The molecule has 19 heavy (non-hydrogen) atoms. The molecule has 0 spiro atoms. The number of hydrogen-bond acceptors (Lipinski definition) is 3. The summed E-state index contributed by atoms with van der Waals surface area (Å²) in [7, 11) is 0. The average Bonchev–Trinajstić information content (AvgIpc) is 3.10. The number of aryl methyl sites for hydroxylation is 1. The zero-order valence-electron chi connectivity index (χ0n) is 10.7. The first-order chi connectivity index (χ1) is 8.69. The molecule has 1 unspecified atom stereocenters. The predicted molar refractivity (Wildman–Crippen MR) is 85.9 cm³/mol. The SMILES string of the molecule is Cl.NCC(NC(=O)CCCc1ccc(Br)s1)C1CC1. The second kappa shape index (κ2) is 8.25. The van der Waals surface area contributed by atoms with Crippen LogP contribution in [0.1, 0.15) is 30.6 Å². The molecule has 1 amide bonds. The van der Waals surface area contributed by atoms with Crippen molar-refractivity contribution in [3.63, 3.8) is 0 Å². The molecule has 2 rings (SSSR count). The van der Waals surface area contributed by atoms with Gasteiger partial charge in [0.25, 0.3) is 0 Å². The van der Waals surface area contributed by atoms with E-state index in [1.165, 1.54) is 17.7 Å². The molecule has 3 nitrogen and oxygen atoms in total. The first-order valence-corrected chi connectivity index (χ1v) is 8.03. The van der Waals surface area contributed by atoms with Crippen LogP contribution in [0.4, 0.5) is 0 Å². The summed E-state index contributed by atoms with van der Waals surface area (Å²) in [6, 6.07) is 4.37. The quantitative estimate of drug-likeness (QED) is 0.778. The maximum atomic E-state index is 11.8. The summed E-state index contributed by atoms with van der Waals surface area (Å²) >= 11 is 5.18. The Morgan fingerprint density at radius 2 is 2.26 bits per heavy atom. The van der Waals surface area contributed by atoms with Crippen LogP contribution in [-0.2, 0) is 11.2 Å². The molecule has 108 valence electrons. The Hall–Kier alpha value is -0.100. The summed E-state index contributed by atoms with van der Waals surface area (Å²) in [4.78, 5) is 13.1. The molecule has 0 bridgehead atoms. The zero-order valence-corrected chi connectivity index (χ0v) is 14.0. The van der Waals surface area contributed by atoms with Crippen LogP contribution in [0.3, 0.4) is 0 Å². The Morgan fingerprint density at radius 3 is 2.79 bits per heavy atom. The summed E-state index contributed by atoms with van der Waals surface area (Å²) in [5.41, 5.74) is 5.67. The van der Waals surface area contributed by atoms with Gasteiger partial charge in [-0.05, 0) is 59.7 Å². The Balaban J connectivity index is 0.00000180. The lowest BCUT2D eigenvalue weighted by Gasteiger charge is -2.15. The summed E-state index contributed by atoms with van der Waals surface area (Å²) in [5, 5.41) is 3.05. The van der Waals surface area contributed by atoms with Crippen LogP contribution in [0, 0.1) is 5.92 Å². The number of halogens is 2. The molecule has 1 aromatic heterocycles. The van der Waals surface area contributed by atoms with E-state index in [2.05, 4.69) is 33.4 Å². The van der Waals surface area contributed by atoms with E-state index in [1.54, 1.807) is 11.3 Å². The summed E-state index contributed by atoms with van der Waals surface area (Å²) in [6.07, 6.45) is 4.90. The number of thiophene rings is 1. The minimum atomic E-state index is 0. The Labute approximate surface area is 132 Å². The number of carbonyl (C=O) groups is 1. The third-order valence-electron chi connectivity index (χ3n) is 3.25. The van der Waals surface area contributed by atoms with Gasteiger partial charge in [0.05, 0.1) is 3.79 Å². The molecule has 1 aliphatic rings. The van der Waals surface area contributed by atoms with Gasteiger partial charge in [0.2, 0.25) is 5.91 Å². The third-order valence-corrected chi connectivity index (χ3v) is 4.93. The highest BCUT2D eigenvalue weighted by Crippen LogP contribution is 2.32. The van der Waals surface area contributed by atoms with E-state index in [4.69, 9.17) is 5.73 Å². The normalized spacial score (nSPS) is 15.7. The third kappa shape index (κ3) is 5.81. The lowest BCUT2D eigenvalue weighted by molar-refractivity contribution is -0.122. The maximum Gasteiger partial charge on any atom is 0.220 e. The van der Waals surface area contributed by atoms with Crippen LogP contribution >= 0.6 is 39.7 Å². The fraction of sp³-hybridized carbons (Fsp3) is 0.615. The number of rotatable bonds is 7. The van der Waals surface area contributed by atoms with Crippen molar-refractivity contribution in [2.24, 2.45) is 11.7 Å². The number of nitrogens with one attached hydrogen (secondary N) is 1. The van der Waals surface area contributed by atoms with Gasteiger partial charge in [0.15, 0.2) is 0 Å². The maximum absolute atomic E-state index is 11.8. The van der Waals surface area contributed by atoms with Gasteiger partial charge in [-0.2, -0.15) is 0 Å². The van der Waals surface area contributed by atoms with Crippen LogP contribution in [0.25, 0.3) is 0 Å². The second-order valence-electron chi connectivity index (χ2n) is 4.81. The van der Waals surface area contributed by atoms with Crippen molar-refractivity contribution in [3.8, 4) is 0 Å². The average molecular weight is 368 g/mol. The molecule has 0 aliphatic heterocycles. The minimum Gasteiger partial charge on any atom is -0.352 e. The molecule has 6 heteroatoms. The van der Waals surface area contributed by atoms with E-state index < -0.39 is 0 Å². The fourth-order valence-electron chi connectivity index (χ4n) is 2.06. The lowest BCUT2D eigenvalue weighted by Crippen LogP contribution is -2.41. The molecular formula is C13H20BrClN2OS. The summed E-state index contributed by atoms with van der Waals surface area (Å²) < 4.78 is 1.15. The van der Waals surface area contributed by atoms with Crippen LogP contribution < -0.4 is 11.1 Å². The summed E-state index contributed by atoms with van der Waals surface area (Å²) in [6.45, 7) is 0.564. The van der Waals surface area contributed by atoms with Gasteiger partial charge in [-0.1, -0.05) is 0 Å². The van der Waals surface area contributed by atoms with Gasteiger partial charge in [0.1, 0.15) is 0 Å². The van der Waals surface area contributed by atoms with Crippen LogP contribution in [0.15, 0.2) is 15.9 Å². The number of hydrogen-bond donors (Lipinski definition) is 2. The first kappa shape index (κ1) is 17.0. The van der Waals surface area contributed by atoms with E-state index in [1.807, 2.05) is 0 Å². The first-order valence-electron chi connectivity index (χ1n) is 6.42. The van der Waals surface area contributed by atoms with Crippen molar-refractivity contribution in [1.82, 2.24) is 5.32 Å². The molecule has 0 radical (unpaired) electrons. The standard InChI is InChI=1S/C13H19BrN2OS.ClH/c14-12-7-6-10(18-12)2-1-3-13(17)16-11(8-15)9-4-5-9;/h6-7,9,11H,1-5,8,15H2,(H,16,17);1H.